The molecule has 0 radical (unpaired) electrons. The number of nitrogen functional groups attached to an aromatic ring is 1. The number of aromatic nitrogens is 3. The van der Waals surface area contributed by atoms with Crippen molar-refractivity contribution in [1.29, 1.82) is 0 Å². The molecule has 31 heavy (non-hydrogen) atoms. The summed E-state index contributed by atoms with van der Waals surface area (Å²) >= 11 is 0. The predicted octanol–water partition coefficient (Wildman–Crippen LogP) is 3.19. The smallest absolute Gasteiger partial charge is 0.368 e. The lowest BCUT2D eigenvalue weighted by molar-refractivity contribution is -0.137. The Morgan fingerprint density at radius 3 is 2.26 bits per heavy atom. The predicted molar refractivity (Wildman–Crippen MR) is 106 cm³/mol. The second kappa shape index (κ2) is 7.55. The Labute approximate surface area is 173 Å². The summed E-state index contributed by atoms with van der Waals surface area (Å²) in [5.74, 6) is -0.442. The van der Waals surface area contributed by atoms with Gasteiger partial charge < -0.3 is 11.1 Å². The molecule has 3 N–H and O–H groups in total. The molecule has 2 aromatic heterocycles. The largest absolute Gasteiger partial charge is 0.417 e. The normalized spacial score (nSPS) is 14.3. The van der Waals surface area contributed by atoms with E-state index in [4.69, 9.17) is 5.73 Å². The van der Waals surface area contributed by atoms with E-state index < -0.39 is 30.2 Å². The van der Waals surface area contributed by atoms with Crippen molar-refractivity contribution in [3.05, 3.63) is 60.7 Å². The summed E-state index contributed by atoms with van der Waals surface area (Å²) in [6.45, 7) is -0.398. The average molecular weight is 429 g/mol. The summed E-state index contributed by atoms with van der Waals surface area (Å²) in [4.78, 5) is 38.3. The average Bonchev–Trinajstić information content (AvgIpc) is 3.04. The number of pyridine rings is 1. The van der Waals surface area contributed by atoms with Gasteiger partial charge in [-0.3, -0.25) is 14.7 Å². The summed E-state index contributed by atoms with van der Waals surface area (Å²) in [6.07, 6.45) is 0.121. The van der Waals surface area contributed by atoms with Crippen LogP contribution in [-0.4, -0.2) is 33.4 Å². The van der Waals surface area contributed by atoms with Crippen molar-refractivity contribution in [2.45, 2.75) is 6.18 Å². The van der Waals surface area contributed by atoms with E-state index in [9.17, 15) is 22.8 Å². The highest BCUT2D eigenvalue weighted by Crippen LogP contribution is 2.33. The van der Waals surface area contributed by atoms with Gasteiger partial charge in [0.05, 0.1) is 41.2 Å². The fourth-order valence-corrected chi connectivity index (χ4v) is 2.95. The molecule has 12 heteroatoms. The molecule has 1 fully saturated rings. The molecule has 0 aliphatic carbocycles. The van der Waals surface area contributed by atoms with E-state index in [2.05, 4.69) is 20.3 Å². The molecule has 0 saturated carbocycles. The standard InChI is InChI=1S/C19H14F3N7O2/c20-19(21,22)11-5-15(9-24-6-11)28-10-16(30)29(18(28)31)14-3-1-12(2-4-14)27-13-7-25-17(23)26-8-13/h1-9,27H,10H2,(H2,23,25,26). The van der Waals surface area contributed by atoms with E-state index in [-0.39, 0.29) is 17.3 Å². The lowest BCUT2D eigenvalue weighted by Crippen LogP contribution is -2.33. The van der Waals surface area contributed by atoms with Gasteiger partial charge in [0, 0.05) is 11.9 Å². The molecule has 0 atom stereocenters. The second-order valence-electron chi connectivity index (χ2n) is 6.53. The highest BCUT2D eigenvalue weighted by Gasteiger charge is 2.39. The lowest BCUT2D eigenvalue weighted by atomic mass is 10.2. The molecule has 1 saturated heterocycles. The summed E-state index contributed by atoms with van der Waals surface area (Å²) < 4.78 is 38.8. The molecule has 0 bridgehead atoms. The Kier molecular flexibility index (Phi) is 4.89. The lowest BCUT2D eigenvalue weighted by Gasteiger charge is -2.18. The number of carbonyl (C=O) groups is 2. The van der Waals surface area contributed by atoms with Crippen LogP contribution in [0, 0.1) is 0 Å². The van der Waals surface area contributed by atoms with Crippen LogP contribution in [0.25, 0.3) is 0 Å². The minimum absolute atomic E-state index is 0.114. The number of alkyl halides is 3. The van der Waals surface area contributed by atoms with Crippen LogP contribution in [0.4, 0.5) is 46.7 Å². The first-order valence-corrected chi connectivity index (χ1v) is 8.84. The van der Waals surface area contributed by atoms with Crippen molar-refractivity contribution < 1.29 is 22.8 Å². The van der Waals surface area contributed by atoms with Crippen LogP contribution in [-0.2, 0) is 11.0 Å². The van der Waals surface area contributed by atoms with Crippen LogP contribution in [0.1, 0.15) is 5.56 Å². The van der Waals surface area contributed by atoms with Crippen LogP contribution < -0.4 is 20.9 Å². The molecule has 1 aliphatic heterocycles. The SMILES string of the molecule is Nc1ncc(Nc2ccc(N3C(=O)CN(c4cncc(C(F)(F)F)c4)C3=O)cc2)cn1. The Morgan fingerprint density at radius 2 is 1.61 bits per heavy atom. The zero-order chi connectivity index (χ0) is 22.2. The summed E-state index contributed by atoms with van der Waals surface area (Å²) in [5, 5.41) is 3.03. The van der Waals surface area contributed by atoms with Crippen molar-refractivity contribution in [1.82, 2.24) is 15.0 Å². The number of amides is 3. The number of rotatable bonds is 4. The zero-order valence-corrected chi connectivity index (χ0v) is 15.7. The Morgan fingerprint density at radius 1 is 0.935 bits per heavy atom. The molecule has 9 nitrogen and oxygen atoms in total. The first kappa shape index (κ1) is 20.1. The van der Waals surface area contributed by atoms with Crippen LogP contribution in [0.2, 0.25) is 0 Å². The van der Waals surface area contributed by atoms with E-state index in [1.54, 1.807) is 12.1 Å². The Hall–Kier alpha value is -4.22. The fraction of sp³-hybridized carbons (Fsp3) is 0.105. The maximum atomic E-state index is 12.9. The number of nitrogens with one attached hydrogen (secondary N) is 1. The molecule has 1 aliphatic rings. The quantitative estimate of drug-likeness (QED) is 0.612. The maximum absolute atomic E-state index is 12.9. The minimum atomic E-state index is -4.62. The first-order valence-electron chi connectivity index (χ1n) is 8.84. The highest BCUT2D eigenvalue weighted by molar-refractivity contribution is 6.26. The molecular formula is C19H14F3N7O2. The molecule has 0 unspecified atom stereocenters. The zero-order valence-electron chi connectivity index (χ0n) is 15.7. The number of nitrogens with zero attached hydrogens (tertiary/aromatic N) is 5. The van der Waals surface area contributed by atoms with Crippen LogP contribution in [0.15, 0.2) is 55.1 Å². The van der Waals surface area contributed by atoms with Gasteiger partial charge in [0.15, 0.2) is 0 Å². The van der Waals surface area contributed by atoms with Crippen molar-refractivity contribution in [3.63, 3.8) is 0 Å². The number of hydrogen-bond acceptors (Lipinski definition) is 7. The van der Waals surface area contributed by atoms with Gasteiger partial charge in [-0.2, -0.15) is 13.2 Å². The van der Waals surface area contributed by atoms with Gasteiger partial charge in [-0.1, -0.05) is 0 Å². The fourth-order valence-electron chi connectivity index (χ4n) is 2.95. The molecule has 4 rings (SSSR count). The van der Waals surface area contributed by atoms with Gasteiger partial charge >= 0.3 is 12.2 Å². The number of anilines is 5. The third-order valence-corrected chi connectivity index (χ3v) is 4.41. The summed E-state index contributed by atoms with van der Waals surface area (Å²) in [7, 11) is 0. The topological polar surface area (TPSA) is 117 Å². The number of carbonyl (C=O) groups excluding carboxylic acids is 2. The van der Waals surface area contributed by atoms with E-state index in [0.717, 1.165) is 22.1 Å². The van der Waals surface area contributed by atoms with Crippen molar-refractivity contribution in [2.75, 3.05) is 27.4 Å². The third-order valence-electron chi connectivity index (χ3n) is 4.41. The third kappa shape index (κ3) is 4.08. The number of imide groups is 1. The van der Waals surface area contributed by atoms with E-state index in [0.29, 0.717) is 17.6 Å². The molecule has 3 heterocycles. The number of benzene rings is 1. The van der Waals surface area contributed by atoms with E-state index >= 15 is 0 Å². The van der Waals surface area contributed by atoms with Gasteiger partial charge in [0.2, 0.25) is 5.95 Å². The van der Waals surface area contributed by atoms with E-state index in [1.807, 2.05) is 0 Å². The van der Waals surface area contributed by atoms with Gasteiger partial charge in [-0.15, -0.1) is 0 Å². The molecular weight excluding hydrogens is 415 g/mol. The van der Waals surface area contributed by atoms with Gasteiger partial charge in [0.1, 0.15) is 6.54 Å². The van der Waals surface area contributed by atoms with E-state index in [1.165, 1.54) is 24.5 Å². The highest BCUT2D eigenvalue weighted by atomic mass is 19.4. The van der Waals surface area contributed by atoms with Crippen LogP contribution in [0.3, 0.4) is 0 Å². The van der Waals surface area contributed by atoms with Gasteiger partial charge in [-0.25, -0.2) is 19.7 Å². The Bertz CT molecular complexity index is 1130. The summed E-state index contributed by atoms with van der Waals surface area (Å²) in [5.41, 5.74) is 5.80. The molecule has 3 aromatic rings. The maximum Gasteiger partial charge on any atom is 0.417 e. The molecule has 0 spiro atoms. The second-order valence-corrected chi connectivity index (χ2v) is 6.53. The monoisotopic (exact) mass is 429 g/mol. The molecule has 1 aromatic carbocycles. The summed E-state index contributed by atoms with van der Waals surface area (Å²) in [6, 6.07) is 6.33. The van der Waals surface area contributed by atoms with Crippen LogP contribution >= 0.6 is 0 Å². The molecule has 158 valence electrons. The Balaban J connectivity index is 1.53. The molecule has 3 amide bonds. The number of nitrogens with two attached hydrogens (primary N) is 1. The van der Waals surface area contributed by atoms with Gasteiger partial charge in [-0.05, 0) is 30.3 Å². The minimum Gasteiger partial charge on any atom is -0.368 e. The number of halogens is 3. The van der Waals surface area contributed by atoms with Gasteiger partial charge in [0.25, 0.3) is 5.91 Å². The first-order chi connectivity index (χ1) is 14.7. The van der Waals surface area contributed by atoms with Crippen molar-refractivity contribution in [3.8, 4) is 0 Å². The van der Waals surface area contributed by atoms with Crippen molar-refractivity contribution >= 4 is 40.6 Å². The van der Waals surface area contributed by atoms with Crippen LogP contribution in [0.5, 0.6) is 0 Å². The number of hydrogen-bond donors (Lipinski definition) is 2. The number of urea groups is 1. The van der Waals surface area contributed by atoms with Crippen molar-refractivity contribution in [2.24, 2.45) is 0 Å².